The van der Waals surface area contributed by atoms with Gasteiger partial charge in [-0.25, -0.2) is 0 Å². The summed E-state index contributed by atoms with van der Waals surface area (Å²) in [5, 5.41) is 0. The number of esters is 1. The summed E-state index contributed by atoms with van der Waals surface area (Å²) < 4.78 is 35.1. The second-order valence-electron chi connectivity index (χ2n) is 14.8. The molecule has 0 aliphatic carbocycles. The molecule has 60 heavy (non-hydrogen) atoms. The molecule has 0 N–H and O–H groups in total. The van der Waals surface area contributed by atoms with Gasteiger partial charge < -0.3 is 28.4 Å². The van der Waals surface area contributed by atoms with Crippen LogP contribution in [0.5, 0.6) is 28.7 Å². The highest BCUT2D eigenvalue weighted by atomic mass is 16.5. The highest BCUT2D eigenvalue weighted by Crippen LogP contribution is 2.43. The van der Waals surface area contributed by atoms with Gasteiger partial charge in [0.2, 0.25) is 0 Å². The van der Waals surface area contributed by atoms with Crippen LogP contribution in [0.4, 0.5) is 22.7 Å². The third-order valence-corrected chi connectivity index (χ3v) is 11.1. The van der Waals surface area contributed by atoms with Gasteiger partial charge in [-0.15, -0.1) is 0 Å². The molecule has 0 aromatic heterocycles. The van der Waals surface area contributed by atoms with E-state index < -0.39 is 0 Å². The molecule has 0 bridgehead atoms. The van der Waals surface area contributed by atoms with Gasteiger partial charge in [0.25, 0.3) is 11.8 Å². The summed E-state index contributed by atoms with van der Waals surface area (Å²) in [6.45, 7) is 0.502. The maximum Gasteiger partial charge on any atom is 0.305 e. The van der Waals surface area contributed by atoms with Crippen LogP contribution in [0.3, 0.4) is 0 Å². The fourth-order valence-electron chi connectivity index (χ4n) is 8.19. The molecule has 2 amide bonds. The number of methoxy groups -OCH3 is 3. The van der Waals surface area contributed by atoms with Crippen LogP contribution >= 0.6 is 0 Å². The lowest BCUT2D eigenvalue weighted by Crippen LogP contribution is -2.37. The number of rotatable bonds is 13. The molecule has 5 aromatic rings. The van der Waals surface area contributed by atoms with E-state index in [9.17, 15) is 14.4 Å². The van der Waals surface area contributed by atoms with Gasteiger partial charge in [0.15, 0.2) is 23.0 Å². The first-order valence-electron chi connectivity index (χ1n) is 19.7. The van der Waals surface area contributed by atoms with Gasteiger partial charge in [-0.2, -0.15) is 0 Å². The molecule has 304 valence electrons. The van der Waals surface area contributed by atoms with Gasteiger partial charge >= 0.3 is 5.97 Å². The lowest BCUT2D eigenvalue weighted by atomic mass is 10.1. The molecule has 9 rings (SSSR count). The highest BCUT2D eigenvalue weighted by molar-refractivity contribution is 6.15. The number of aliphatic imine (C=N–C) groups is 2. The van der Waals surface area contributed by atoms with Gasteiger partial charge in [-0.1, -0.05) is 36.4 Å². The Morgan fingerprint density at radius 1 is 0.633 bits per heavy atom. The largest absolute Gasteiger partial charge is 0.494 e. The number of para-hydroxylation sites is 2. The Kier molecular flexibility index (Phi) is 10.4. The van der Waals surface area contributed by atoms with E-state index in [1.54, 1.807) is 34.1 Å². The molecule has 4 aliphatic rings. The minimum atomic E-state index is -0.313. The number of anilines is 2. The highest BCUT2D eigenvalue weighted by Gasteiger charge is 2.38. The van der Waals surface area contributed by atoms with Crippen LogP contribution in [-0.2, 0) is 35.6 Å². The van der Waals surface area contributed by atoms with Gasteiger partial charge in [-0.05, 0) is 71.1 Å². The Labute approximate surface area is 346 Å². The first-order chi connectivity index (χ1) is 29.3. The predicted octanol–water partition coefficient (Wildman–Crippen LogP) is 7.77. The predicted molar refractivity (Wildman–Crippen MR) is 226 cm³/mol. The van der Waals surface area contributed by atoms with Gasteiger partial charge in [0.05, 0.1) is 62.5 Å². The van der Waals surface area contributed by atoms with E-state index >= 15 is 0 Å². The Morgan fingerprint density at radius 3 is 1.62 bits per heavy atom. The first kappa shape index (κ1) is 38.4. The van der Waals surface area contributed by atoms with Crippen molar-refractivity contribution in [2.75, 3.05) is 37.7 Å². The molecule has 4 aliphatic heterocycles. The van der Waals surface area contributed by atoms with Crippen molar-refractivity contribution in [2.45, 2.75) is 51.0 Å². The molecule has 0 radical (unpaired) electrons. The van der Waals surface area contributed by atoms with Crippen molar-refractivity contribution in [1.29, 1.82) is 0 Å². The van der Waals surface area contributed by atoms with Crippen LogP contribution in [0.2, 0.25) is 0 Å². The molecule has 0 spiro atoms. The van der Waals surface area contributed by atoms with E-state index in [1.165, 1.54) is 21.3 Å². The van der Waals surface area contributed by atoms with E-state index in [2.05, 4.69) is 0 Å². The van der Waals surface area contributed by atoms with Crippen molar-refractivity contribution in [3.05, 3.63) is 124 Å². The molecule has 2 unspecified atom stereocenters. The zero-order valence-electron chi connectivity index (χ0n) is 33.4. The number of fused-ring (bicyclic) bond motifs is 8. The maximum atomic E-state index is 13.9. The van der Waals surface area contributed by atoms with Crippen molar-refractivity contribution in [3.63, 3.8) is 0 Å². The summed E-state index contributed by atoms with van der Waals surface area (Å²) in [5.74, 6) is 1.55. The molecule has 0 saturated heterocycles. The van der Waals surface area contributed by atoms with Gasteiger partial charge in [0.1, 0.15) is 19.0 Å². The molecule has 0 saturated carbocycles. The Bertz CT molecular complexity index is 2430. The summed E-state index contributed by atoms with van der Waals surface area (Å²) in [4.78, 5) is 52.7. The van der Waals surface area contributed by atoms with Crippen molar-refractivity contribution in [3.8, 4) is 28.7 Å². The summed E-state index contributed by atoms with van der Waals surface area (Å²) in [6, 6.07) is 27.9. The number of ether oxygens (including phenoxy) is 6. The molecule has 5 aromatic carbocycles. The number of nitrogens with zero attached hydrogens (tertiary/aromatic N) is 4. The van der Waals surface area contributed by atoms with Crippen LogP contribution in [0, 0.1) is 0 Å². The maximum absolute atomic E-state index is 13.9. The Morgan fingerprint density at radius 2 is 1.13 bits per heavy atom. The smallest absolute Gasteiger partial charge is 0.305 e. The molecule has 0 fully saturated rings. The average Bonchev–Trinajstić information content (AvgIpc) is 3.77. The molecule has 4 heterocycles. The van der Waals surface area contributed by atoms with Crippen LogP contribution in [0.25, 0.3) is 0 Å². The molecule has 13 heteroatoms. The number of carbonyl (C=O) groups excluding carboxylic acids is 3. The van der Waals surface area contributed by atoms with E-state index in [0.29, 0.717) is 70.5 Å². The Balaban J connectivity index is 0.958. The monoisotopic (exact) mass is 806 g/mol. The van der Waals surface area contributed by atoms with Crippen molar-refractivity contribution in [1.82, 2.24) is 0 Å². The quantitative estimate of drug-likeness (QED) is 0.0863. The molecular weight excluding hydrogens is 765 g/mol. The average molecular weight is 807 g/mol. The SMILES string of the molecule is COC(=O)CCCOc1cc(COc2cc3c(cc2OC)C(=O)N2c4ccccc4CC2C=N3)cc(COc2cc3c(cc2OC)C(=O)N2c4ccccc4CC2C=N3)c1. The van der Waals surface area contributed by atoms with Gasteiger partial charge in [-0.3, -0.25) is 34.2 Å². The minimum Gasteiger partial charge on any atom is -0.494 e. The van der Waals surface area contributed by atoms with E-state index in [4.69, 9.17) is 38.4 Å². The Hall–Kier alpha value is -7.15. The third-order valence-electron chi connectivity index (χ3n) is 11.1. The van der Waals surface area contributed by atoms with Crippen molar-refractivity contribution >= 4 is 53.0 Å². The minimum absolute atomic E-state index is 0.112. The zero-order valence-corrected chi connectivity index (χ0v) is 33.4. The second kappa shape index (κ2) is 16.2. The van der Waals surface area contributed by atoms with E-state index in [1.807, 2.05) is 79.2 Å². The van der Waals surface area contributed by atoms with Crippen LogP contribution in [0.1, 0.15) is 55.8 Å². The normalized spacial score (nSPS) is 16.7. The number of benzene rings is 5. The van der Waals surface area contributed by atoms with E-state index in [0.717, 1.165) is 33.6 Å². The summed E-state index contributed by atoms with van der Waals surface area (Å²) in [7, 11) is 4.42. The summed E-state index contributed by atoms with van der Waals surface area (Å²) >= 11 is 0. The topological polar surface area (TPSA) is 138 Å². The first-order valence-corrected chi connectivity index (χ1v) is 19.7. The molecule has 13 nitrogen and oxygen atoms in total. The third kappa shape index (κ3) is 7.27. The van der Waals surface area contributed by atoms with Crippen LogP contribution < -0.4 is 33.5 Å². The van der Waals surface area contributed by atoms with Gasteiger partial charge in [0, 0.05) is 55.2 Å². The molecular formula is C47H42N4O9. The fraction of sp³-hybridized carbons (Fsp3) is 0.255. The second-order valence-corrected chi connectivity index (χ2v) is 14.8. The number of carbonyl (C=O) groups is 3. The molecule has 2 atom stereocenters. The number of hydrogen-bond acceptors (Lipinski definition) is 11. The van der Waals surface area contributed by atoms with E-state index in [-0.39, 0.29) is 56.1 Å². The number of hydrogen-bond donors (Lipinski definition) is 0. The van der Waals surface area contributed by atoms with Crippen molar-refractivity contribution < 1.29 is 42.8 Å². The van der Waals surface area contributed by atoms with Crippen molar-refractivity contribution in [2.24, 2.45) is 9.98 Å². The summed E-state index contributed by atoms with van der Waals surface area (Å²) in [6.07, 6.45) is 5.70. The number of amides is 2. The standard InChI is InChI=1S/C47H42N4O9/c1-55-41-20-35-37(48-24-32-18-30-9-4-6-11-39(30)50(32)46(35)53)22-43(41)59-26-28-15-29(17-34(16-28)58-14-8-13-45(52)57-3)27-60-44-23-38-36(21-42(44)56-2)47(54)51-33(25-49-38)19-31-10-5-7-12-40(31)51/h4-7,9-12,15-17,20-25,32-33H,8,13-14,18-19,26-27H2,1-3H3. The van der Waals surface area contributed by atoms with Crippen LogP contribution in [-0.4, -0.2) is 70.2 Å². The lowest BCUT2D eigenvalue weighted by molar-refractivity contribution is -0.140. The lowest BCUT2D eigenvalue weighted by Gasteiger charge is -2.22. The fourth-order valence-corrected chi connectivity index (χ4v) is 8.19. The summed E-state index contributed by atoms with van der Waals surface area (Å²) in [5.41, 5.74) is 7.32. The van der Waals surface area contributed by atoms with Crippen LogP contribution in [0.15, 0.2) is 101 Å². The zero-order chi connectivity index (χ0) is 41.3.